The smallest absolute Gasteiger partial charge is 0.234 e. The second kappa shape index (κ2) is 10.9. The van der Waals surface area contributed by atoms with Crippen LogP contribution >= 0.6 is 0 Å². The number of likely N-dealkylation sites (tertiary alicyclic amines) is 1. The van der Waals surface area contributed by atoms with Gasteiger partial charge in [0.15, 0.2) is 11.5 Å². The molecule has 3 aromatic rings. The third-order valence-corrected chi connectivity index (χ3v) is 8.87. The fraction of sp³-hybridized carbons (Fsp3) is 0.655. The molecule has 2 aliphatic heterocycles. The number of fused-ring (bicyclic) bond motifs is 1. The molecule has 2 saturated heterocycles. The van der Waals surface area contributed by atoms with Crippen LogP contribution in [0.3, 0.4) is 0 Å². The molecule has 3 fully saturated rings. The quantitative estimate of drug-likeness (QED) is 0.369. The lowest BCUT2D eigenvalue weighted by atomic mass is 9.73. The molecule has 6 rings (SSSR count). The highest BCUT2D eigenvalue weighted by atomic mass is 15.3. The number of rotatable bonds is 11. The molecule has 210 valence electrons. The van der Waals surface area contributed by atoms with E-state index in [1.165, 1.54) is 45.2 Å². The van der Waals surface area contributed by atoms with Gasteiger partial charge < -0.3 is 29.9 Å². The first-order valence-electron chi connectivity index (χ1n) is 14.8. The molecule has 1 spiro atoms. The molecule has 0 aromatic carbocycles. The van der Waals surface area contributed by atoms with Crippen molar-refractivity contribution in [2.24, 2.45) is 5.41 Å². The van der Waals surface area contributed by atoms with Crippen molar-refractivity contribution in [1.29, 1.82) is 0 Å². The monoisotopic (exact) mass is 532 g/mol. The van der Waals surface area contributed by atoms with Crippen molar-refractivity contribution in [3.63, 3.8) is 0 Å². The van der Waals surface area contributed by atoms with E-state index in [0.29, 0.717) is 28.7 Å². The van der Waals surface area contributed by atoms with Gasteiger partial charge in [-0.2, -0.15) is 9.97 Å². The second-order valence-corrected chi connectivity index (χ2v) is 12.2. The van der Waals surface area contributed by atoms with Crippen LogP contribution in [-0.2, 0) is 0 Å². The number of hydrogen-bond donors (Lipinski definition) is 1. The molecule has 1 saturated carbocycles. The third kappa shape index (κ3) is 5.28. The van der Waals surface area contributed by atoms with Crippen molar-refractivity contribution in [2.75, 3.05) is 75.4 Å². The Labute approximate surface area is 232 Å². The van der Waals surface area contributed by atoms with Gasteiger partial charge in [-0.1, -0.05) is 26.2 Å². The van der Waals surface area contributed by atoms with E-state index in [9.17, 15) is 0 Å². The minimum Gasteiger partial charge on any atom is -0.382 e. The summed E-state index contributed by atoms with van der Waals surface area (Å²) in [4.78, 5) is 28.7. The normalized spacial score (nSPS) is 19.2. The Bertz CT molecular complexity index is 1250. The van der Waals surface area contributed by atoms with Crippen molar-refractivity contribution >= 4 is 34.4 Å². The first kappa shape index (κ1) is 26.3. The molecule has 3 aliphatic rings. The lowest BCUT2D eigenvalue weighted by Gasteiger charge is -2.60. The summed E-state index contributed by atoms with van der Waals surface area (Å²) in [5.74, 6) is 2.14. The average Bonchev–Trinajstić information content (AvgIpc) is 3.55. The van der Waals surface area contributed by atoms with Gasteiger partial charge in [0, 0.05) is 44.2 Å². The Morgan fingerprint density at radius 3 is 2.44 bits per heavy atom. The molecule has 0 amide bonds. The number of anilines is 4. The fourth-order valence-corrected chi connectivity index (χ4v) is 6.69. The van der Waals surface area contributed by atoms with Gasteiger partial charge in [-0.15, -0.1) is 0 Å². The van der Waals surface area contributed by atoms with Crippen LogP contribution < -0.4 is 15.5 Å². The lowest BCUT2D eigenvalue weighted by Crippen LogP contribution is -2.72. The topological polar surface area (TPSA) is 95.5 Å². The maximum Gasteiger partial charge on any atom is 0.234 e. The van der Waals surface area contributed by atoms with E-state index in [1.54, 1.807) is 0 Å². The predicted octanol–water partition coefficient (Wildman–Crippen LogP) is 3.93. The van der Waals surface area contributed by atoms with E-state index in [-0.39, 0.29) is 0 Å². The van der Waals surface area contributed by atoms with Gasteiger partial charge in [-0.05, 0) is 65.0 Å². The number of aromatic nitrogens is 5. The number of imidazole rings is 1. The molecule has 0 bridgehead atoms. The summed E-state index contributed by atoms with van der Waals surface area (Å²) in [6.07, 6.45) is 12.1. The molecule has 5 heterocycles. The third-order valence-electron chi connectivity index (χ3n) is 8.87. The Hall–Kier alpha value is -2.98. The summed E-state index contributed by atoms with van der Waals surface area (Å²) < 4.78 is 2.22. The molecule has 10 heteroatoms. The van der Waals surface area contributed by atoms with Crippen LogP contribution in [0.25, 0.3) is 11.2 Å². The molecule has 2 N–H and O–H groups in total. The van der Waals surface area contributed by atoms with Crippen LogP contribution in [0.15, 0.2) is 24.7 Å². The number of nitrogen functional groups attached to an aromatic ring is 1. The zero-order chi connectivity index (χ0) is 27.0. The van der Waals surface area contributed by atoms with Gasteiger partial charge in [0.1, 0.15) is 11.3 Å². The Morgan fingerprint density at radius 2 is 1.74 bits per heavy atom. The largest absolute Gasteiger partial charge is 0.382 e. The first-order valence-corrected chi connectivity index (χ1v) is 14.8. The molecular formula is C29H44N10. The SMILES string of the molecule is CCN1CC2(C1)CN(c1ccc(N(CCCCCN(C)C)c3nc(N)c4ncn(C5CCCC5)c4n3)cn1)C2. The average molecular weight is 533 g/mol. The maximum absolute atomic E-state index is 6.46. The van der Waals surface area contributed by atoms with Gasteiger partial charge in [-0.25, -0.2) is 9.97 Å². The number of nitrogens with zero attached hydrogens (tertiary/aromatic N) is 9. The minimum absolute atomic E-state index is 0.442. The van der Waals surface area contributed by atoms with Gasteiger partial charge in [-0.3, -0.25) is 0 Å². The zero-order valence-corrected chi connectivity index (χ0v) is 23.9. The first-order chi connectivity index (χ1) is 18.9. The Morgan fingerprint density at radius 1 is 0.974 bits per heavy atom. The highest BCUT2D eigenvalue weighted by molar-refractivity contribution is 5.83. The van der Waals surface area contributed by atoms with E-state index in [2.05, 4.69) is 62.3 Å². The van der Waals surface area contributed by atoms with Crippen LogP contribution in [0.4, 0.5) is 23.3 Å². The van der Waals surface area contributed by atoms with Crippen molar-refractivity contribution in [3.05, 3.63) is 24.7 Å². The summed E-state index contributed by atoms with van der Waals surface area (Å²) in [7, 11) is 4.26. The van der Waals surface area contributed by atoms with Crippen molar-refractivity contribution in [3.8, 4) is 0 Å². The minimum atomic E-state index is 0.442. The standard InChI is InChI=1S/C29H44N10/c1-4-36-17-29(18-36)19-37(20-29)24-13-12-23(16-31-24)38(15-9-5-8-14-35(2)3)28-33-26(30)25-27(34-28)39(21-32-25)22-10-6-7-11-22/h12-13,16,21-22H,4-11,14-15,17-20H2,1-3H3,(H2,30,33,34). The fourth-order valence-electron chi connectivity index (χ4n) is 6.69. The summed E-state index contributed by atoms with van der Waals surface area (Å²) in [5, 5.41) is 0. The summed E-state index contributed by atoms with van der Waals surface area (Å²) in [5.41, 5.74) is 9.50. The number of nitrogens with two attached hydrogens (primary N) is 1. The predicted molar refractivity (Wildman–Crippen MR) is 158 cm³/mol. The Balaban J connectivity index is 1.23. The van der Waals surface area contributed by atoms with E-state index in [1.807, 2.05) is 12.5 Å². The number of hydrogen-bond acceptors (Lipinski definition) is 9. The Kier molecular flexibility index (Phi) is 7.33. The van der Waals surface area contributed by atoms with Crippen LogP contribution in [0.1, 0.15) is 57.9 Å². The molecule has 39 heavy (non-hydrogen) atoms. The highest BCUT2D eigenvalue weighted by Gasteiger charge is 2.51. The van der Waals surface area contributed by atoms with E-state index in [4.69, 9.17) is 20.7 Å². The zero-order valence-electron chi connectivity index (χ0n) is 23.9. The second-order valence-electron chi connectivity index (χ2n) is 12.2. The van der Waals surface area contributed by atoms with Crippen LogP contribution in [0.2, 0.25) is 0 Å². The molecule has 1 aliphatic carbocycles. The molecule has 0 unspecified atom stereocenters. The van der Waals surface area contributed by atoms with Crippen LogP contribution in [0, 0.1) is 5.41 Å². The van der Waals surface area contributed by atoms with Crippen molar-refractivity contribution < 1.29 is 0 Å². The van der Waals surface area contributed by atoms with E-state index >= 15 is 0 Å². The molecular weight excluding hydrogens is 488 g/mol. The number of unbranched alkanes of at least 4 members (excludes halogenated alkanes) is 2. The van der Waals surface area contributed by atoms with Gasteiger partial charge in [0.05, 0.1) is 18.2 Å². The van der Waals surface area contributed by atoms with Crippen LogP contribution in [-0.4, -0.2) is 94.2 Å². The van der Waals surface area contributed by atoms with E-state index in [0.717, 1.165) is 62.7 Å². The molecule has 3 aromatic heterocycles. The summed E-state index contributed by atoms with van der Waals surface area (Å²) in [6, 6.07) is 4.77. The van der Waals surface area contributed by atoms with E-state index < -0.39 is 0 Å². The van der Waals surface area contributed by atoms with Gasteiger partial charge >= 0.3 is 0 Å². The summed E-state index contributed by atoms with van der Waals surface area (Å²) >= 11 is 0. The van der Waals surface area contributed by atoms with Crippen molar-refractivity contribution in [1.82, 2.24) is 34.3 Å². The number of pyridine rings is 1. The molecule has 0 radical (unpaired) electrons. The lowest BCUT2D eigenvalue weighted by molar-refractivity contribution is -0.0181. The molecule has 0 atom stereocenters. The van der Waals surface area contributed by atoms with Gasteiger partial charge in [0.25, 0.3) is 0 Å². The maximum atomic E-state index is 6.46. The van der Waals surface area contributed by atoms with Gasteiger partial charge in [0.2, 0.25) is 5.95 Å². The van der Waals surface area contributed by atoms with Crippen molar-refractivity contribution in [2.45, 2.75) is 57.9 Å². The molecule has 10 nitrogen and oxygen atoms in total. The summed E-state index contributed by atoms with van der Waals surface area (Å²) in [6.45, 7) is 9.96. The highest BCUT2D eigenvalue weighted by Crippen LogP contribution is 2.41. The van der Waals surface area contributed by atoms with Crippen LogP contribution in [0.5, 0.6) is 0 Å².